The van der Waals surface area contributed by atoms with Gasteiger partial charge >= 0.3 is 0 Å². The van der Waals surface area contributed by atoms with Crippen molar-refractivity contribution in [3.8, 4) is 17.2 Å². The molecule has 202 valence electrons. The van der Waals surface area contributed by atoms with Gasteiger partial charge in [0.25, 0.3) is 0 Å². The summed E-state index contributed by atoms with van der Waals surface area (Å²) in [7, 11) is 1.37. The number of benzene rings is 2. The Morgan fingerprint density at radius 2 is 1.82 bits per heavy atom. The largest absolute Gasteiger partial charge is 0.507 e. The lowest BCUT2D eigenvalue weighted by molar-refractivity contribution is -0.243. The smallest absolute Gasteiger partial charge is 0.202 e. The highest BCUT2D eigenvalue weighted by Crippen LogP contribution is 2.51. The van der Waals surface area contributed by atoms with E-state index in [0.717, 1.165) is 0 Å². The van der Waals surface area contributed by atoms with Gasteiger partial charge in [0.05, 0.1) is 42.1 Å². The fourth-order valence-corrected chi connectivity index (χ4v) is 5.89. The molecule has 5 N–H and O–H groups in total. The molecule has 1 fully saturated rings. The Hall–Kier alpha value is -3.31. The molecule has 10 nitrogen and oxygen atoms in total. The van der Waals surface area contributed by atoms with Gasteiger partial charge in [0.2, 0.25) is 5.78 Å². The van der Waals surface area contributed by atoms with Crippen LogP contribution >= 0.6 is 0 Å². The number of fused-ring (bicyclic) bond motifs is 3. The van der Waals surface area contributed by atoms with Crippen LogP contribution in [0, 0.1) is 5.92 Å². The second kappa shape index (κ2) is 9.77. The maximum atomic E-state index is 13.7. The minimum atomic E-state index is -0.947. The summed E-state index contributed by atoms with van der Waals surface area (Å²) < 4.78 is 17.3. The highest BCUT2D eigenvalue weighted by Gasteiger charge is 2.45. The number of phenolic OH excluding ortho intramolecular Hbond substituents is 2. The van der Waals surface area contributed by atoms with Crippen molar-refractivity contribution in [1.82, 2.24) is 0 Å². The SMILES string of the molecule is CCC(=O)[C@@H]1Cc2c(O)c3c(c(O)c2[C@@H](O[C@H]2C[C@H](N)[C@H](O)[C@H](C)O2)C1)C(=O)c1c(OC)cccc1C3=O. The van der Waals surface area contributed by atoms with Crippen molar-refractivity contribution in [2.75, 3.05) is 7.11 Å². The van der Waals surface area contributed by atoms with Gasteiger partial charge in [-0.05, 0) is 25.8 Å². The van der Waals surface area contributed by atoms with Crippen LogP contribution in [0.1, 0.15) is 82.2 Å². The lowest BCUT2D eigenvalue weighted by atomic mass is 9.73. The standard InChI is InChI=1S/C28H31NO9/c1-4-16(30)12-8-14-21(18(9-12)38-19-10-15(29)24(31)11(2)37-19)28(35)23-22(26(14)33)25(32)13-6-5-7-17(36-3)20(13)27(23)34/h5-7,11-12,15,18-19,24,31,33,35H,4,8-10,29H2,1-3H3/t11-,12+,15-,18-,19-,24+/m0/s1. The van der Waals surface area contributed by atoms with E-state index in [2.05, 4.69) is 0 Å². The molecule has 38 heavy (non-hydrogen) atoms. The lowest BCUT2D eigenvalue weighted by Crippen LogP contribution is -2.52. The molecule has 2 aliphatic carbocycles. The van der Waals surface area contributed by atoms with E-state index >= 15 is 0 Å². The second-order valence-electron chi connectivity index (χ2n) is 10.1. The van der Waals surface area contributed by atoms with Crippen LogP contribution in [-0.4, -0.2) is 64.3 Å². The Labute approximate surface area is 219 Å². The highest BCUT2D eigenvalue weighted by molar-refractivity contribution is 6.31. The molecule has 0 saturated carbocycles. The fraction of sp³-hybridized carbons (Fsp3) is 0.464. The van der Waals surface area contributed by atoms with Crippen molar-refractivity contribution in [3.05, 3.63) is 51.6 Å². The number of nitrogens with two attached hydrogens (primary N) is 1. The van der Waals surface area contributed by atoms with E-state index in [9.17, 15) is 29.7 Å². The van der Waals surface area contributed by atoms with Gasteiger partial charge in [0, 0.05) is 41.5 Å². The predicted octanol–water partition coefficient (Wildman–Crippen LogP) is 2.30. The number of hydrogen-bond acceptors (Lipinski definition) is 10. The topological polar surface area (TPSA) is 166 Å². The van der Waals surface area contributed by atoms with Crippen LogP contribution in [0.3, 0.4) is 0 Å². The number of hydrogen-bond donors (Lipinski definition) is 4. The van der Waals surface area contributed by atoms with E-state index in [0.29, 0.717) is 0 Å². The van der Waals surface area contributed by atoms with Crippen molar-refractivity contribution in [3.63, 3.8) is 0 Å². The highest BCUT2D eigenvalue weighted by atomic mass is 16.7. The van der Waals surface area contributed by atoms with Gasteiger partial charge in [-0.3, -0.25) is 14.4 Å². The molecule has 0 radical (unpaired) electrons. The summed E-state index contributed by atoms with van der Waals surface area (Å²) in [5.74, 6) is -2.68. The number of rotatable bonds is 5. The van der Waals surface area contributed by atoms with Crippen molar-refractivity contribution in [1.29, 1.82) is 0 Å². The van der Waals surface area contributed by atoms with Gasteiger partial charge in [0.1, 0.15) is 23.0 Å². The molecule has 3 aliphatic rings. The molecule has 0 spiro atoms. The number of carbonyl (C=O) groups is 3. The van der Waals surface area contributed by atoms with Crippen molar-refractivity contribution in [2.45, 2.75) is 70.2 Å². The van der Waals surface area contributed by atoms with Crippen LogP contribution in [0.2, 0.25) is 0 Å². The Bertz CT molecular complexity index is 1320. The molecule has 0 unspecified atom stereocenters. The van der Waals surface area contributed by atoms with Crippen molar-refractivity contribution < 1.29 is 43.9 Å². The van der Waals surface area contributed by atoms with Gasteiger partial charge < -0.3 is 35.3 Å². The molecule has 5 rings (SSSR count). The van der Waals surface area contributed by atoms with E-state index in [1.165, 1.54) is 19.2 Å². The minimum absolute atomic E-state index is 0.00105. The maximum Gasteiger partial charge on any atom is 0.202 e. The molecule has 0 aromatic heterocycles. The normalized spacial score (nSPS) is 28.3. The number of ketones is 3. The van der Waals surface area contributed by atoms with Gasteiger partial charge in [-0.25, -0.2) is 0 Å². The maximum absolute atomic E-state index is 13.7. The number of aliphatic hydroxyl groups is 1. The summed E-state index contributed by atoms with van der Waals surface area (Å²) in [6, 6.07) is 3.95. The van der Waals surface area contributed by atoms with E-state index in [-0.39, 0.29) is 70.6 Å². The number of aromatic hydroxyl groups is 2. The molecule has 10 heteroatoms. The van der Waals surface area contributed by atoms with Gasteiger partial charge in [-0.2, -0.15) is 0 Å². The molecule has 0 amide bonds. The summed E-state index contributed by atoms with van der Waals surface area (Å²) in [6.07, 6.45) is -2.67. The predicted molar refractivity (Wildman–Crippen MR) is 133 cm³/mol. The zero-order chi connectivity index (χ0) is 27.5. The first kappa shape index (κ1) is 26.3. The first-order valence-electron chi connectivity index (χ1n) is 12.7. The van der Waals surface area contributed by atoms with Crippen LogP contribution in [0.4, 0.5) is 0 Å². The fourth-order valence-electron chi connectivity index (χ4n) is 5.89. The van der Waals surface area contributed by atoms with Gasteiger partial charge in [-0.1, -0.05) is 19.1 Å². The Morgan fingerprint density at radius 3 is 2.47 bits per heavy atom. The molecule has 0 bridgehead atoms. The van der Waals surface area contributed by atoms with Crippen LogP contribution in [0.5, 0.6) is 17.2 Å². The molecule has 1 heterocycles. The molecule has 6 atom stereocenters. The van der Waals surface area contributed by atoms with Crippen molar-refractivity contribution in [2.24, 2.45) is 11.7 Å². The van der Waals surface area contributed by atoms with E-state index in [1.807, 2.05) is 0 Å². The molecule has 1 aliphatic heterocycles. The molecule has 2 aromatic rings. The van der Waals surface area contributed by atoms with E-state index in [1.54, 1.807) is 19.9 Å². The number of ether oxygens (including phenoxy) is 3. The molecule has 2 aromatic carbocycles. The first-order valence-corrected chi connectivity index (χ1v) is 12.7. The molecule has 1 saturated heterocycles. The van der Waals surface area contributed by atoms with E-state index < -0.39 is 59.6 Å². The number of carbonyl (C=O) groups excluding carboxylic acids is 3. The summed E-state index contributed by atoms with van der Waals surface area (Å²) in [5, 5.41) is 33.1. The van der Waals surface area contributed by atoms with Crippen molar-refractivity contribution >= 4 is 17.3 Å². The summed E-state index contributed by atoms with van der Waals surface area (Å²) in [5.41, 5.74) is 5.80. The van der Waals surface area contributed by atoms with Gasteiger partial charge in [0.15, 0.2) is 12.1 Å². The molecular weight excluding hydrogens is 494 g/mol. The monoisotopic (exact) mass is 525 g/mol. The average molecular weight is 526 g/mol. The average Bonchev–Trinajstić information content (AvgIpc) is 2.90. The van der Waals surface area contributed by atoms with Crippen LogP contribution in [-0.2, 0) is 20.7 Å². The van der Waals surface area contributed by atoms with Crippen LogP contribution < -0.4 is 10.5 Å². The zero-order valence-corrected chi connectivity index (χ0v) is 21.4. The summed E-state index contributed by atoms with van der Waals surface area (Å²) in [4.78, 5) is 40.0. The third-order valence-electron chi connectivity index (χ3n) is 7.90. The quantitative estimate of drug-likeness (QED) is 0.363. The Morgan fingerprint density at radius 1 is 1.11 bits per heavy atom. The summed E-state index contributed by atoms with van der Waals surface area (Å²) >= 11 is 0. The van der Waals surface area contributed by atoms with E-state index in [4.69, 9.17) is 19.9 Å². The lowest BCUT2D eigenvalue weighted by Gasteiger charge is -2.40. The van der Waals surface area contributed by atoms with Crippen LogP contribution in [0.25, 0.3) is 0 Å². The van der Waals surface area contributed by atoms with Gasteiger partial charge in [-0.15, -0.1) is 0 Å². The minimum Gasteiger partial charge on any atom is -0.507 e. The van der Waals surface area contributed by atoms with Crippen LogP contribution in [0.15, 0.2) is 18.2 Å². The third-order valence-corrected chi connectivity index (χ3v) is 7.90. The number of aliphatic hydroxyl groups excluding tert-OH is 1. The molecular formula is C28H31NO9. The summed E-state index contributed by atoms with van der Waals surface area (Å²) in [6.45, 7) is 3.39. The number of phenols is 2. The number of Topliss-reactive ketones (excluding diaryl/α,β-unsaturated/α-hetero) is 1. The number of methoxy groups -OCH3 is 1. The zero-order valence-electron chi connectivity index (χ0n) is 21.4. The Kier molecular flexibility index (Phi) is 6.77. The Balaban J connectivity index is 1.65. The third kappa shape index (κ3) is 3.99. The first-order chi connectivity index (χ1) is 18.1. The second-order valence-corrected chi connectivity index (χ2v) is 10.1.